The van der Waals surface area contributed by atoms with Gasteiger partial charge in [0.1, 0.15) is 5.60 Å². The number of ether oxygens (including phenoxy) is 3. The molecule has 0 saturated carbocycles. The maximum atomic E-state index is 6.26. The Morgan fingerprint density at radius 1 is 1.12 bits per heavy atom. The van der Waals surface area contributed by atoms with Crippen molar-refractivity contribution >= 4 is 24.8 Å². The van der Waals surface area contributed by atoms with Crippen molar-refractivity contribution in [2.24, 2.45) is 0 Å². The van der Waals surface area contributed by atoms with Gasteiger partial charge in [-0.15, -0.1) is 24.8 Å². The fourth-order valence-electron chi connectivity index (χ4n) is 3.49. The Bertz CT molecular complexity index is 549. The molecule has 0 aromatic heterocycles. The molecular weight excluding hydrogens is 351 g/mol. The molecule has 1 aromatic carbocycles. The Kier molecular flexibility index (Phi) is 7.47. The molecule has 1 aromatic rings. The van der Waals surface area contributed by atoms with Gasteiger partial charge in [-0.05, 0) is 26.0 Å². The van der Waals surface area contributed by atoms with Gasteiger partial charge in [-0.25, -0.2) is 0 Å². The normalized spacial score (nSPS) is 22.2. The average molecular weight is 379 g/mol. The van der Waals surface area contributed by atoms with Gasteiger partial charge in [-0.2, -0.15) is 0 Å². The van der Waals surface area contributed by atoms with Crippen molar-refractivity contribution in [3.8, 4) is 17.2 Å². The third-order valence-electron chi connectivity index (χ3n) is 4.55. The maximum absolute atomic E-state index is 6.26. The van der Waals surface area contributed by atoms with Gasteiger partial charge in [-0.3, -0.25) is 4.90 Å². The van der Waals surface area contributed by atoms with E-state index >= 15 is 0 Å². The number of methoxy groups -OCH3 is 2. The van der Waals surface area contributed by atoms with Gasteiger partial charge in [0, 0.05) is 44.2 Å². The molecule has 1 fully saturated rings. The van der Waals surface area contributed by atoms with Crippen molar-refractivity contribution in [1.82, 2.24) is 10.2 Å². The number of piperazine rings is 1. The molecule has 7 heteroatoms. The van der Waals surface area contributed by atoms with E-state index in [4.69, 9.17) is 14.2 Å². The number of halogens is 2. The standard InChI is InChI=1S/C17H26N2O3.2ClH/c1-17(2)11-13(19-9-7-18-8-10-19)12-5-6-14(20-3)16(21-4)15(12)22-17;;/h5-6,13,18H,7-11H2,1-4H3;2*1H. The van der Waals surface area contributed by atoms with Gasteiger partial charge in [0.05, 0.1) is 14.2 Å². The van der Waals surface area contributed by atoms with Crippen molar-refractivity contribution in [3.05, 3.63) is 17.7 Å². The fraction of sp³-hybridized carbons (Fsp3) is 0.647. The summed E-state index contributed by atoms with van der Waals surface area (Å²) in [6, 6.07) is 4.47. The van der Waals surface area contributed by atoms with Gasteiger partial charge in [0.25, 0.3) is 0 Å². The van der Waals surface area contributed by atoms with Crippen LogP contribution in [0.25, 0.3) is 0 Å². The molecule has 5 nitrogen and oxygen atoms in total. The molecule has 0 aliphatic carbocycles. The molecule has 2 aliphatic heterocycles. The number of nitrogens with zero attached hydrogens (tertiary/aromatic N) is 1. The summed E-state index contributed by atoms with van der Waals surface area (Å²) in [7, 11) is 3.33. The van der Waals surface area contributed by atoms with E-state index in [0.717, 1.165) is 44.1 Å². The van der Waals surface area contributed by atoms with E-state index in [9.17, 15) is 0 Å². The predicted octanol–water partition coefficient (Wildman–Crippen LogP) is 3.05. The van der Waals surface area contributed by atoms with Crippen molar-refractivity contribution < 1.29 is 14.2 Å². The van der Waals surface area contributed by atoms with Crippen LogP contribution in [0.2, 0.25) is 0 Å². The first-order valence-electron chi connectivity index (χ1n) is 7.94. The van der Waals surface area contributed by atoms with Crippen molar-refractivity contribution in [2.75, 3.05) is 40.4 Å². The van der Waals surface area contributed by atoms with Crippen LogP contribution in [-0.4, -0.2) is 50.9 Å². The van der Waals surface area contributed by atoms with Crippen LogP contribution in [0.1, 0.15) is 31.9 Å². The summed E-state index contributed by atoms with van der Waals surface area (Å²) in [5.74, 6) is 2.26. The van der Waals surface area contributed by atoms with Gasteiger partial charge < -0.3 is 19.5 Å². The minimum absolute atomic E-state index is 0. The smallest absolute Gasteiger partial charge is 0.203 e. The quantitative estimate of drug-likeness (QED) is 0.875. The van der Waals surface area contributed by atoms with E-state index in [0.29, 0.717) is 11.8 Å². The molecule has 0 bridgehead atoms. The Hall–Kier alpha value is -0.880. The van der Waals surface area contributed by atoms with E-state index in [1.807, 2.05) is 6.07 Å². The largest absolute Gasteiger partial charge is 0.493 e. The second-order valence-corrected chi connectivity index (χ2v) is 6.59. The lowest BCUT2D eigenvalue weighted by Gasteiger charge is -2.44. The summed E-state index contributed by atoms with van der Waals surface area (Å²) < 4.78 is 17.3. The highest BCUT2D eigenvalue weighted by Crippen LogP contribution is 2.50. The highest BCUT2D eigenvalue weighted by Gasteiger charge is 2.39. The molecular formula is C17H28Cl2N2O3. The van der Waals surface area contributed by atoms with Crippen LogP contribution >= 0.6 is 24.8 Å². The van der Waals surface area contributed by atoms with Crippen LogP contribution in [0.4, 0.5) is 0 Å². The van der Waals surface area contributed by atoms with E-state index < -0.39 is 0 Å². The SMILES string of the molecule is COc1ccc2c(c1OC)OC(C)(C)CC2N1CCNCC1.Cl.Cl. The van der Waals surface area contributed by atoms with Gasteiger partial charge in [0.2, 0.25) is 5.75 Å². The number of fused-ring (bicyclic) bond motifs is 1. The molecule has 2 heterocycles. The first-order valence-corrected chi connectivity index (χ1v) is 7.94. The third-order valence-corrected chi connectivity index (χ3v) is 4.55. The molecule has 0 amide bonds. The van der Waals surface area contributed by atoms with Crippen LogP contribution in [-0.2, 0) is 0 Å². The summed E-state index contributed by atoms with van der Waals surface area (Å²) in [6.45, 7) is 8.50. The molecule has 3 rings (SSSR count). The van der Waals surface area contributed by atoms with Crippen LogP contribution in [0, 0.1) is 0 Å². The molecule has 0 spiro atoms. The Labute approximate surface area is 156 Å². The highest BCUT2D eigenvalue weighted by molar-refractivity contribution is 5.85. The fourth-order valence-corrected chi connectivity index (χ4v) is 3.49. The van der Waals surface area contributed by atoms with E-state index in [-0.39, 0.29) is 30.4 Å². The van der Waals surface area contributed by atoms with Crippen LogP contribution in [0.5, 0.6) is 17.2 Å². The second-order valence-electron chi connectivity index (χ2n) is 6.59. The van der Waals surface area contributed by atoms with Crippen molar-refractivity contribution in [2.45, 2.75) is 31.9 Å². The molecule has 24 heavy (non-hydrogen) atoms. The van der Waals surface area contributed by atoms with Crippen LogP contribution < -0.4 is 19.5 Å². The van der Waals surface area contributed by atoms with Crippen LogP contribution in [0.15, 0.2) is 12.1 Å². The van der Waals surface area contributed by atoms with E-state index in [1.54, 1.807) is 14.2 Å². The molecule has 1 N–H and O–H groups in total. The zero-order chi connectivity index (χ0) is 15.7. The zero-order valence-corrected chi connectivity index (χ0v) is 16.4. The number of hydrogen-bond acceptors (Lipinski definition) is 5. The third kappa shape index (κ3) is 4.02. The molecule has 138 valence electrons. The predicted molar refractivity (Wildman–Crippen MR) is 101 cm³/mol. The molecule has 2 aliphatic rings. The Balaban J connectivity index is 0.00000144. The minimum atomic E-state index is -0.220. The lowest BCUT2D eigenvalue weighted by atomic mass is 9.88. The number of nitrogens with one attached hydrogen (secondary N) is 1. The summed E-state index contributed by atoms with van der Waals surface area (Å²) >= 11 is 0. The van der Waals surface area contributed by atoms with E-state index in [1.165, 1.54) is 5.56 Å². The average Bonchev–Trinajstić information content (AvgIpc) is 2.53. The number of rotatable bonds is 3. The lowest BCUT2D eigenvalue weighted by Crippen LogP contribution is -2.48. The lowest BCUT2D eigenvalue weighted by molar-refractivity contribution is 0.0231. The summed E-state index contributed by atoms with van der Waals surface area (Å²) in [4.78, 5) is 2.55. The first-order chi connectivity index (χ1) is 10.6. The van der Waals surface area contributed by atoms with E-state index in [2.05, 4.69) is 30.1 Å². The Morgan fingerprint density at radius 3 is 2.38 bits per heavy atom. The minimum Gasteiger partial charge on any atom is -0.493 e. The summed E-state index contributed by atoms with van der Waals surface area (Å²) in [6.07, 6.45) is 0.982. The summed E-state index contributed by atoms with van der Waals surface area (Å²) in [5, 5.41) is 3.42. The van der Waals surface area contributed by atoms with Gasteiger partial charge in [-0.1, -0.05) is 0 Å². The first kappa shape index (κ1) is 21.2. The molecule has 0 radical (unpaired) electrons. The maximum Gasteiger partial charge on any atom is 0.203 e. The van der Waals surface area contributed by atoms with Gasteiger partial charge >= 0.3 is 0 Å². The summed E-state index contributed by atoms with van der Waals surface area (Å²) in [5.41, 5.74) is 0.987. The molecule has 1 saturated heterocycles. The Morgan fingerprint density at radius 2 is 1.79 bits per heavy atom. The zero-order valence-electron chi connectivity index (χ0n) is 14.8. The topological polar surface area (TPSA) is 43.0 Å². The van der Waals surface area contributed by atoms with Crippen molar-refractivity contribution in [1.29, 1.82) is 0 Å². The molecule has 1 unspecified atom stereocenters. The van der Waals surface area contributed by atoms with Crippen molar-refractivity contribution in [3.63, 3.8) is 0 Å². The van der Waals surface area contributed by atoms with Gasteiger partial charge in [0.15, 0.2) is 11.5 Å². The highest BCUT2D eigenvalue weighted by atomic mass is 35.5. The number of hydrogen-bond donors (Lipinski definition) is 1. The monoisotopic (exact) mass is 378 g/mol. The van der Waals surface area contributed by atoms with Crippen LogP contribution in [0.3, 0.4) is 0 Å². The molecule has 1 atom stereocenters. The second kappa shape index (κ2) is 8.48. The number of benzene rings is 1.